The van der Waals surface area contributed by atoms with Crippen molar-refractivity contribution in [2.45, 2.75) is 19.9 Å². The lowest BCUT2D eigenvalue weighted by atomic mass is 10.1. The Bertz CT molecular complexity index is 1240. The van der Waals surface area contributed by atoms with Gasteiger partial charge in [0.15, 0.2) is 11.4 Å². The highest BCUT2D eigenvalue weighted by molar-refractivity contribution is 5.87. The van der Waals surface area contributed by atoms with E-state index < -0.39 is 0 Å². The number of aryl methyl sites for hydroxylation is 1. The van der Waals surface area contributed by atoms with Crippen LogP contribution in [0.25, 0.3) is 27.9 Å². The number of rotatable bonds is 2. The summed E-state index contributed by atoms with van der Waals surface area (Å²) < 4.78 is 7.50. The maximum absolute atomic E-state index is 12.7. The number of nitrogens with zero attached hydrogens (tertiary/aromatic N) is 4. The molecule has 1 saturated heterocycles. The Balaban J connectivity index is 1.56. The van der Waals surface area contributed by atoms with E-state index in [1.165, 1.54) is 0 Å². The maximum atomic E-state index is 12.7. The third kappa shape index (κ3) is 2.93. The molecule has 1 N–H and O–H groups in total. The van der Waals surface area contributed by atoms with Gasteiger partial charge in [-0.05, 0) is 37.4 Å². The lowest BCUT2D eigenvalue weighted by Crippen LogP contribution is -2.49. The van der Waals surface area contributed by atoms with E-state index >= 15 is 0 Å². The molecule has 28 heavy (non-hydrogen) atoms. The first kappa shape index (κ1) is 16.9. The summed E-state index contributed by atoms with van der Waals surface area (Å²) in [6.07, 6.45) is 5.45. The van der Waals surface area contributed by atoms with Crippen LogP contribution in [0.15, 0.2) is 52.1 Å². The fraction of sp³-hybridized carbons (Fsp3) is 0.286. The highest BCUT2D eigenvalue weighted by atomic mass is 16.4. The molecule has 0 amide bonds. The number of nitrogens with one attached hydrogen (secondary N) is 1. The zero-order chi connectivity index (χ0) is 19.3. The minimum Gasteiger partial charge on any atom is -0.421 e. The second-order valence-electron chi connectivity index (χ2n) is 7.39. The Hall–Kier alpha value is -3.19. The monoisotopic (exact) mass is 375 g/mol. The van der Waals surface area contributed by atoms with Gasteiger partial charge in [-0.25, -0.2) is 9.78 Å². The Morgan fingerprint density at radius 2 is 2.14 bits per heavy atom. The van der Waals surface area contributed by atoms with E-state index in [9.17, 15) is 4.79 Å². The third-order valence-corrected chi connectivity index (χ3v) is 5.20. The van der Waals surface area contributed by atoms with Crippen molar-refractivity contribution in [2.24, 2.45) is 0 Å². The quantitative estimate of drug-likeness (QED) is 0.580. The summed E-state index contributed by atoms with van der Waals surface area (Å²) in [5.41, 5.74) is 2.93. The summed E-state index contributed by atoms with van der Waals surface area (Å²) in [4.78, 5) is 23.8. The lowest BCUT2D eigenvalue weighted by Gasteiger charge is -2.33. The average Bonchev–Trinajstić information content (AvgIpc) is 3.11. The van der Waals surface area contributed by atoms with Gasteiger partial charge in [0.1, 0.15) is 5.69 Å². The predicted molar refractivity (Wildman–Crippen MR) is 109 cm³/mol. The summed E-state index contributed by atoms with van der Waals surface area (Å²) in [6, 6.07) is 8.29. The van der Waals surface area contributed by atoms with Crippen LogP contribution in [-0.4, -0.2) is 40.0 Å². The summed E-state index contributed by atoms with van der Waals surface area (Å²) in [5, 5.41) is 4.88. The second-order valence-corrected chi connectivity index (χ2v) is 7.39. The standard InChI is InChI=1S/C21H21N5O2/c1-13-10-25(6-5-22-13)16-4-3-15-7-19(28-21(27)17(15)8-16)18-12-26-11-14(2)23-9-20(26)24-18/h3-4,7-9,11-13,22H,5-6,10H2,1-2H3. The number of anilines is 1. The third-order valence-electron chi connectivity index (χ3n) is 5.20. The maximum Gasteiger partial charge on any atom is 0.344 e. The molecule has 7 nitrogen and oxygen atoms in total. The van der Waals surface area contributed by atoms with E-state index in [1.807, 2.05) is 41.9 Å². The largest absolute Gasteiger partial charge is 0.421 e. The zero-order valence-electron chi connectivity index (χ0n) is 15.8. The molecular formula is C21H21N5O2. The van der Waals surface area contributed by atoms with Crippen LogP contribution in [0.5, 0.6) is 0 Å². The highest BCUT2D eigenvalue weighted by Gasteiger charge is 2.17. The number of hydrogen-bond acceptors (Lipinski definition) is 6. The van der Waals surface area contributed by atoms with Crippen LogP contribution in [0.4, 0.5) is 5.69 Å². The van der Waals surface area contributed by atoms with E-state index in [0.29, 0.717) is 28.5 Å². The summed E-state index contributed by atoms with van der Waals surface area (Å²) in [6.45, 7) is 6.87. The van der Waals surface area contributed by atoms with Crippen LogP contribution < -0.4 is 15.8 Å². The van der Waals surface area contributed by atoms with Gasteiger partial charge in [0, 0.05) is 43.8 Å². The molecule has 4 heterocycles. The summed E-state index contributed by atoms with van der Waals surface area (Å²) in [7, 11) is 0. The van der Waals surface area contributed by atoms with Gasteiger partial charge in [-0.3, -0.25) is 4.98 Å². The van der Waals surface area contributed by atoms with Gasteiger partial charge in [-0.2, -0.15) is 0 Å². The number of hydrogen-bond donors (Lipinski definition) is 1. The highest BCUT2D eigenvalue weighted by Crippen LogP contribution is 2.25. The van der Waals surface area contributed by atoms with Gasteiger partial charge < -0.3 is 19.0 Å². The number of fused-ring (bicyclic) bond motifs is 2. The van der Waals surface area contributed by atoms with E-state index in [0.717, 1.165) is 36.4 Å². The van der Waals surface area contributed by atoms with Crippen LogP contribution in [0.1, 0.15) is 12.6 Å². The van der Waals surface area contributed by atoms with Crippen LogP contribution >= 0.6 is 0 Å². The molecule has 7 heteroatoms. The first-order valence-corrected chi connectivity index (χ1v) is 9.45. The van der Waals surface area contributed by atoms with Crippen molar-refractivity contribution in [3.8, 4) is 11.5 Å². The molecule has 1 unspecified atom stereocenters. The van der Waals surface area contributed by atoms with Crippen molar-refractivity contribution in [3.63, 3.8) is 0 Å². The van der Waals surface area contributed by atoms with E-state index in [2.05, 4.69) is 33.2 Å². The van der Waals surface area contributed by atoms with Crippen LogP contribution in [0.3, 0.4) is 0 Å². The zero-order valence-corrected chi connectivity index (χ0v) is 15.8. The minimum atomic E-state index is -0.344. The minimum absolute atomic E-state index is 0.344. The Kier molecular flexibility index (Phi) is 3.91. The summed E-state index contributed by atoms with van der Waals surface area (Å²) in [5.74, 6) is 0.461. The molecule has 5 rings (SSSR count). The number of aromatic nitrogens is 3. The van der Waals surface area contributed by atoms with Gasteiger partial charge in [0.2, 0.25) is 0 Å². The molecule has 1 atom stereocenters. The van der Waals surface area contributed by atoms with Crippen LogP contribution in [0.2, 0.25) is 0 Å². The molecule has 0 bridgehead atoms. The smallest absolute Gasteiger partial charge is 0.344 e. The van der Waals surface area contributed by atoms with Crippen molar-refractivity contribution in [1.29, 1.82) is 0 Å². The Morgan fingerprint density at radius 3 is 3.00 bits per heavy atom. The van der Waals surface area contributed by atoms with Gasteiger partial charge in [0.05, 0.1) is 17.3 Å². The van der Waals surface area contributed by atoms with E-state index in [1.54, 1.807) is 6.20 Å². The Morgan fingerprint density at radius 1 is 1.25 bits per heavy atom. The first-order valence-electron chi connectivity index (χ1n) is 9.45. The predicted octanol–water partition coefficient (Wildman–Crippen LogP) is 2.61. The molecular weight excluding hydrogens is 354 g/mol. The van der Waals surface area contributed by atoms with Crippen molar-refractivity contribution in [3.05, 3.63) is 59.0 Å². The normalized spacial score (nSPS) is 17.5. The number of imidazole rings is 1. The van der Waals surface area contributed by atoms with Crippen LogP contribution in [0, 0.1) is 6.92 Å². The molecule has 0 saturated carbocycles. The van der Waals surface area contributed by atoms with Crippen molar-refractivity contribution >= 4 is 22.1 Å². The fourth-order valence-electron chi connectivity index (χ4n) is 3.78. The fourth-order valence-corrected chi connectivity index (χ4v) is 3.78. The lowest BCUT2D eigenvalue weighted by molar-refractivity contribution is 0.485. The second kappa shape index (κ2) is 6.45. The van der Waals surface area contributed by atoms with Crippen molar-refractivity contribution < 1.29 is 4.42 Å². The van der Waals surface area contributed by atoms with Crippen LogP contribution in [-0.2, 0) is 0 Å². The molecule has 0 spiro atoms. The SMILES string of the molecule is Cc1cn2cc(-c3cc4ccc(N5CCNC(C)C5)cc4c(=O)o3)nc2cn1. The molecule has 0 radical (unpaired) electrons. The molecule has 1 aliphatic heterocycles. The number of benzene rings is 1. The Labute approximate surface area is 161 Å². The molecule has 1 aromatic carbocycles. The molecule has 142 valence electrons. The molecule has 4 aromatic rings. The van der Waals surface area contributed by atoms with Gasteiger partial charge >= 0.3 is 5.63 Å². The summed E-state index contributed by atoms with van der Waals surface area (Å²) >= 11 is 0. The average molecular weight is 375 g/mol. The van der Waals surface area contributed by atoms with Gasteiger partial charge in [0.25, 0.3) is 0 Å². The van der Waals surface area contributed by atoms with E-state index in [4.69, 9.17) is 4.42 Å². The van der Waals surface area contributed by atoms with Gasteiger partial charge in [-0.1, -0.05) is 6.07 Å². The van der Waals surface area contributed by atoms with Crippen molar-refractivity contribution in [2.75, 3.05) is 24.5 Å². The first-order chi connectivity index (χ1) is 13.6. The van der Waals surface area contributed by atoms with E-state index in [-0.39, 0.29) is 5.63 Å². The number of piperazine rings is 1. The molecule has 1 fully saturated rings. The van der Waals surface area contributed by atoms with Crippen molar-refractivity contribution in [1.82, 2.24) is 19.7 Å². The molecule has 0 aliphatic carbocycles. The molecule has 3 aromatic heterocycles. The molecule has 1 aliphatic rings. The van der Waals surface area contributed by atoms with Gasteiger partial charge in [-0.15, -0.1) is 0 Å². The topological polar surface area (TPSA) is 75.7 Å².